The highest BCUT2D eigenvalue weighted by molar-refractivity contribution is 6.53. The molecular formula is C14H15Cl2N3O. The van der Waals surface area contributed by atoms with Gasteiger partial charge in [0, 0.05) is 0 Å². The molecule has 1 aliphatic carbocycles. The number of hydrogen-bond acceptors (Lipinski definition) is 2. The van der Waals surface area contributed by atoms with E-state index < -0.39 is 9.75 Å². The zero-order chi connectivity index (χ0) is 14.5. The maximum atomic E-state index is 12.2. The number of halogens is 2. The van der Waals surface area contributed by atoms with Crippen LogP contribution in [-0.2, 0) is 4.79 Å². The Kier molecular flexibility index (Phi) is 2.99. The van der Waals surface area contributed by atoms with E-state index in [9.17, 15) is 4.79 Å². The summed E-state index contributed by atoms with van der Waals surface area (Å²) in [6.07, 6.45) is 0.474. The largest absolute Gasteiger partial charge is 0.346 e. The van der Waals surface area contributed by atoms with Crippen molar-refractivity contribution in [1.29, 1.82) is 0 Å². The van der Waals surface area contributed by atoms with Gasteiger partial charge in [0.05, 0.1) is 22.5 Å². The zero-order valence-electron chi connectivity index (χ0n) is 11.2. The van der Waals surface area contributed by atoms with Gasteiger partial charge in [-0.1, -0.05) is 12.1 Å². The molecule has 1 heterocycles. The number of hydrogen-bond donors (Lipinski definition) is 2. The van der Waals surface area contributed by atoms with E-state index >= 15 is 0 Å². The van der Waals surface area contributed by atoms with Crippen LogP contribution in [0.3, 0.4) is 0 Å². The van der Waals surface area contributed by atoms with E-state index in [0.717, 1.165) is 16.9 Å². The number of benzene rings is 1. The first-order valence-corrected chi connectivity index (χ1v) is 7.22. The number of nitrogens with one attached hydrogen (secondary N) is 2. The van der Waals surface area contributed by atoms with Crippen molar-refractivity contribution < 1.29 is 4.79 Å². The molecule has 0 saturated heterocycles. The lowest BCUT2D eigenvalue weighted by molar-refractivity contribution is -0.126. The second-order valence-corrected chi connectivity index (χ2v) is 7.03. The molecule has 20 heavy (non-hydrogen) atoms. The molecule has 2 atom stereocenters. The Morgan fingerprint density at radius 2 is 2.10 bits per heavy atom. The number of aromatic nitrogens is 2. The quantitative estimate of drug-likeness (QED) is 0.854. The van der Waals surface area contributed by atoms with Crippen molar-refractivity contribution in [2.75, 3.05) is 0 Å². The first-order valence-electron chi connectivity index (χ1n) is 6.47. The van der Waals surface area contributed by atoms with Gasteiger partial charge in [-0.25, -0.2) is 4.98 Å². The fourth-order valence-corrected chi connectivity index (χ4v) is 2.95. The van der Waals surface area contributed by atoms with E-state index in [4.69, 9.17) is 23.2 Å². The van der Waals surface area contributed by atoms with Crippen LogP contribution in [0.5, 0.6) is 0 Å². The van der Waals surface area contributed by atoms with Crippen molar-refractivity contribution in [3.05, 3.63) is 30.1 Å². The highest BCUT2D eigenvalue weighted by Gasteiger charge is 2.68. The van der Waals surface area contributed by atoms with Gasteiger partial charge in [-0.2, -0.15) is 0 Å². The summed E-state index contributed by atoms with van der Waals surface area (Å²) in [7, 11) is 0. The van der Waals surface area contributed by atoms with Gasteiger partial charge in [-0.05, 0) is 32.4 Å². The molecule has 0 unspecified atom stereocenters. The normalized spacial score (nSPS) is 25.4. The molecule has 2 N–H and O–H groups in total. The molecule has 4 nitrogen and oxygen atoms in total. The van der Waals surface area contributed by atoms with Gasteiger partial charge in [0.15, 0.2) is 0 Å². The van der Waals surface area contributed by atoms with Crippen molar-refractivity contribution in [1.82, 2.24) is 15.3 Å². The van der Waals surface area contributed by atoms with Crippen LogP contribution in [0.4, 0.5) is 0 Å². The number of nitrogens with zero attached hydrogens (tertiary/aromatic N) is 1. The molecule has 1 aromatic carbocycles. The lowest BCUT2D eigenvalue weighted by atomic mass is 10.1. The summed E-state index contributed by atoms with van der Waals surface area (Å²) < 4.78 is -0.954. The Morgan fingerprint density at radius 3 is 2.70 bits per heavy atom. The first-order chi connectivity index (χ1) is 9.33. The number of para-hydroxylation sites is 2. The minimum Gasteiger partial charge on any atom is -0.346 e. The molecule has 0 bridgehead atoms. The summed E-state index contributed by atoms with van der Waals surface area (Å²) in [5.41, 5.74) is 1.12. The summed E-state index contributed by atoms with van der Waals surface area (Å²) in [6, 6.07) is 7.52. The average Bonchev–Trinajstić information content (AvgIpc) is 2.76. The lowest BCUT2D eigenvalue weighted by Crippen LogP contribution is -2.35. The minimum atomic E-state index is -0.954. The third kappa shape index (κ3) is 2.07. The molecule has 0 spiro atoms. The van der Waals surface area contributed by atoms with Gasteiger partial charge in [-0.3, -0.25) is 4.79 Å². The number of carbonyl (C=O) groups is 1. The second-order valence-electron chi connectivity index (χ2n) is 5.55. The topological polar surface area (TPSA) is 57.8 Å². The van der Waals surface area contributed by atoms with Crippen LogP contribution < -0.4 is 5.32 Å². The zero-order valence-corrected chi connectivity index (χ0v) is 12.7. The van der Waals surface area contributed by atoms with Crippen LogP contribution in [-0.4, -0.2) is 20.2 Å². The predicted molar refractivity (Wildman–Crippen MR) is 79.8 cm³/mol. The van der Waals surface area contributed by atoms with E-state index in [2.05, 4.69) is 15.3 Å². The lowest BCUT2D eigenvalue weighted by Gasteiger charge is -2.16. The van der Waals surface area contributed by atoms with Gasteiger partial charge in [0.2, 0.25) is 5.91 Å². The van der Waals surface area contributed by atoms with Crippen LogP contribution >= 0.6 is 23.2 Å². The van der Waals surface area contributed by atoms with Crippen molar-refractivity contribution in [3.63, 3.8) is 0 Å². The number of carbonyl (C=O) groups excluding carboxylic acids is 1. The van der Waals surface area contributed by atoms with Gasteiger partial charge in [0.25, 0.3) is 0 Å². The molecule has 1 saturated carbocycles. The fraction of sp³-hybridized carbons (Fsp3) is 0.429. The number of imidazole rings is 1. The number of fused-ring (bicyclic) bond motifs is 1. The van der Waals surface area contributed by atoms with Gasteiger partial charge in [-0.15, -0.1) is 23.2 Å². The van der Waals surface area contributed by atoms with Crippen molar-refractivity contribution >= 4 is 40.1 Å². The summed E-state index contributed by atoms with van der Waals surface area (Å²) in [6.45, 7) is 3.65. The molecule has 106 valence electrons. The van der Waals surface area contributed by atoms with Gasteiger partial charge < -0.3 is 10.3 Å². The van der Waals surface area contributed by atoms with Gasteiger partial charge >= 0.3 is 0 Å². The van der Waals surface area contributed by atoms with Crippen LogP contribution in [0.1, 0.15) is 32.1 Å². The fourth-order valence-electron chi connectivity index (χ4n) is 2.25. The Labute approximate surface area is 126 Å². The maximum Gasteiger partial charge on any atom is 0.229 e. The van der Waals surface area contributed by atoms with Crippen molar-refractivity contribution in [3.8, 4) is 0 Å². The number of alkyl halides is 2. The molecular weight excluding hydrogens is 297 g/mol. The Bertz CT molecular complexity index is 649. The molecule has 1 fully saturated rings. The van der Waals surface area contributed by atoms with Crippen LogP contribution in [0.25, 0.3) is 11.0 Å². The second kappa shape index (κ2) is 4.37. The molecule has 6 heteroatoms. The number of rotatable bonds is 3. The third-order valence-corrected chi connectivity index (χ3v) is 5.03. The molecule has 1 aliphatic rings. The Hall–Kier alpha value is -1.26. The maximum absolute atomic E-state index is 12.2. The van der Waals surface area contributed by atoms with E-state index in [0.29, 0.717) is 6.42 Å². The Balaban J connectivity index is 1.76. The number of aromatic amines is 1. The summed E-state index contributed by atoms with van der Waals surface area (Å²) in [5.74, 6) is 0.578. The smallest absolute Gasteiger partial charge is 0.229 e. The van der Waals surface area contributed by atoms with Crippen LogP contribution in [0.15, 0.2) is 24.3 Å². The van der Waals surface area contributed by atoms with Crippen LogP contribution in [0.2, 0.25) is 0 Å². The molecule has 1 amide bonds. The molecule has 3 rings (SSSR count). The van der Waals surface area contributed by atoms with E-state index in [1.165, 1.54) is 0 Å². The van der Waals surface area contributed by atoms with Crippen molar-refractivity contribution in [2.24, 2.45) is 5.41 Å². The Morgan fingerprint density at radius 1 is 1.45 bits per heavy atom. The van der Waals surface area contributed by atoms with Gasteiger partial charge in [0.1, 0.15) is 10.2 Å². The molecule has 0 aliphatic heterocycles. The minimum absolute atomic E-state index is 0.143. The van der Waals surface area contributed by atoms with E-state index in [1.54, 1.807) is 6.92 Å². The highest BCUT2D eigenvalue weighted by Crippen LogP contribution is 2.63. The average molecular weight is 312 g/mol. The first kappa shape index (κ1) is 13.7. The summed E-state index contributed by atoms with van der Waals surface area (Å²) in [5, 5.41) is 2.91. The summed E-state index contributed by atoms with van der Waals surface area (Å²) in [4.78, 5) is 19.9. The number of amides is 1. The van der Waals surface area contributed by atoms with Crippen molar-refractivity contribution in [2.45, 2.75) is 30.6 Å². The predicted octanol–water partition coefficient (Wildman–Crippen LogP) is 3.32. The van der Waals surface area contributed by atoms with E-state index in [-0.39, 0.29) is 11.9 Å². The third-order valence-electron chi connectivity index (χ3n) is 3.92. The standard InChI is InChI=1S/C14H15Cl2N3O/c1-8(17-12(20)13(2)7-14(13,15)16)11-18-9-5-3-4-6-10(9)19-11/h3-6,8H,7H2,1-2H3,(H,17,20)(H,18,19)/t8-,13+/m0/s1. The molecule has 0 radical (unpaired) electrons. The van der Waals surface area contributed by atoms with E-state index in [1.807, 2.05) is 31.2 Å². The summed E-state index contributed by atoms with van der Waals surface area (Å²) >= 11 is 12.0. The molecule has 2 aromatic rings. The molecule has 1 aromatic heterocycles. The SMILES string of the molecule is C[C@H](NC(=O)[C@@]1(C)CC1(Cl)Cl)c1nc2ccccc2[nH]1. The highest BCUT2D eigenvalue weighted by atomic mass is 35.5. The monoisotopic (exact) mass is 311 g/mol. The number of H-pyrrole nitrogens is 1. The van der Waals surface area contributed by atoms with Crippen LogP contribution in [0, 0.1) is 5.41 Å².